The maximum Gasteiger partial charge on any atom is 0.0954 e. The molecule has 1 heterocycles. The van der Waals surface area contributed by atoms with Crippen LogP contribution >= 0.6 is 11.3 Å². The zero-order chi connectivity index (χ0) is 9.97. The van der Waals surface area contributed by atoms with Crippen LogP contribution in [0.4, 0.5) is 0 Å². The molecule has 1 atom stereocenters. The van der Waals surface area contributed by atoms with Crippen molar-refractivity contribution in [2.24, 2.45) is 0 Å². The molecule has 0 saturated carbocycles. The van der Waals surface area contributed by atoms with Gasteiger partial charge in [-0.05, 0) is 29.4 Å². The number of terminal acetylenes is 1. The summed E-state index contributed by atoms with van der Waals surface area (Å²) >= 11 is 1.74. The number of fused-ring (bicyclic) bond motifs is 1. The van der Waals surface area contributed by atoms with Crippen LogP contribution in [-0.2, 0) is 0 Å². The predicted octanol–water partition coefficient (Wildman–Crippen LogP) is 2.80. The van der Waals surface area contributed by atoms with Crippen LogP contribution < -0.4 is 5.32 Å². The van der Waals surface area contributed by atoms with Gasteiger partial charge in [0.15, 0.2) is 0 Å². The van der Waals surface area contributed by atoms with Crippen molar-refractivity contribution in [2.75, 3.05) is 7.05 Å². The quantitative estimate of drug-likeness (QED) is 0.737. The Morgan fingerprint density at radius 2 is 2.29 bits per heavy atom. The molecule has 1 aromatic carbocycles. The highest BCUT2D eigenvalue weighted by Gasteiger charge is 2.09. The molecular formula is C12H11NS. The molecule has 0 fully saturated rings. The van der Waals surface area contributed by atoms with Crippen LogP contribution in [0.5, 0.6) is 0 Å². The number of rotatable bonds is 2. The molecule has 70 valence electrons. The normalized spacial score (nSPS) is 12.6. The lowest BCUT2D eigenvalue weighted by Crippen LogP contribution is -2.13. The van der Waals surface area contributed by atoms with Gasteiger partial charge in [0.2, 0.25) is 0 Å². The minimum atomic E-state index is 0.0114. The third-order valence-electron chi connectivity index (χ3n) is 2.28. The van der Waals surface area contributed by atoms with Gasteiger partial charge in [-0.15, -0.1) is 17.8 Å². The number of hydrogen-bond donors (Lipinski definition) is 1. The van der Waals surface area contributed by atoms with Gasteiger partial charge in [-0.25, -0.2) is 0 Å². The molecule has 0 aliphatic rings. The smallest absolute Gasteiger partial charge is 0.0954 e. The van der Waals surface area contributed by atoms with Crippen molar-refractivity contribution in [2.45, 2.75) is 6.04 Å². The van der Waals surface area contributed by atoms with E-state index < -0.39 is 0 Å². The number of hydrogen-bond acceptors (Lipinski definition) is 2. The average molecular weight is 201 g/mol. The van der Waals surface area contributed by atoms with Gasteiger partial charge in [-0.3, -0.25) is 0 Å². The zero-order valence-corrected chi connectivity index (χ0v) is 8.77. The Morgan fingerprint density at radius 3 is 3.00 bits per heavy atom. The van der Waals surface area contributed by atoms with E-state index in [-0.39, 0.29) is 6.04 Å². The molecule has 1 nitrogen and oxygen atoms in total. The Hall–Kier alpha value is -1.30. The molecule has 2 rings (SSSR count). The summed E-state index contributed by atoms with van der Waals surface area (Å²) in [6.45, 7) is 0. The molecule has 0 saturated heterocycles. The highest BCUT2D eigenvalue weighted by atomic mass is 32.1. The fourth-order valence-corrected chi connectivity index (χ4v) is 2.52. The standard InChI is InChI=1S/C12H11NS/c1-3-11(13-2)10-6-4-5-9-7-8-14-12(9)10/h1,4-8,11,13H,2H3. The summed E-state index contributed by atoms with van der Waals surface area (Å²) < 4.78 is 1.28. The second kappa shape index (κ2) is 3.83. The van der Waals surface area contributed by atoms with E-state index in [0.717, 1.165) is 0 Å². The Bertz CT molecular complexity index is 478. The third-order valence-corrected chi connectivity index (χ3v) is 3.26. The van der Waals surface area contributed by atoms with Gasteiger partial charge in [0.1, 0.15) is 0 Å². The topological polar surface area (TPSA) is 12.0 Å². The summed E-state index contributed by atoms with van der Waals surface area (Å²) in [7, 11) is 1.89. The largest absolute Gasteiger partial charge is 0.303 e. The van der Waals surface area contributed by atoms with Crippen molar-refractivity contribution >= 4 is 21.4 Å². The molecule has 0 spiro atoms. The third kappa shape index (κ3) is 1.41. The van der Waals surface area contributed by atoms with E-state index in [1.807, 2.05) is 13.1 Å². The number of thiophene rings is 1. The van der Waals surface area contributed by atoms with Crippen molar-refractivity contribution in [1.82, 2.24) is 5.32 Å². The van der Waals surface area contributed by atoms with Gasteiger partial charge in [-0.1, -0.05) is 24.1 Å². The molecule has 1 aromatic heterocycles. The SMILES string of the molecule is C#CC(NC)c1cccc2ccsc12. The molecule has 1 N–H and O–H groups in total. The van der Waals surface area contributed by atoms with Crippen molar-refractivity contribution in [1.29, 1.82) is 0 Å². The first-order valence-corrected chi connectivity index (χ1v) is 5.34. The predicted molar refractivity (Wildman–Crippen MR) is 62.5 cm³/mol. The van der Waals surface area contributed by atoms with Crippen LogP contribution in [0.1, 0.15) is 11.6 Å². The molecule has 0 aliphatic heterocycles. The van der Waals surface area contributed by atoms with Crippen molar-refractivity contribution < 1.29 is 0 Å². The minimum absolute atomic E-state index is 0.0114. The zero-order valence-electron chi connectivity index (χ0n) is 7.95. The molecular weight excluding hydrogens is 190 g/mol. The van der Waals surface area contributed by atoms with E-state index in [1.165, 1.54) is 15.6 Å². The highest BCUT2D eigenvalue weighted by Crippen LogP contribution is 2.28. The van der Waals surface area contributed by atoms with Gasteiger partial charge in [0.05, 0.1) is 6.04 Å². The van der Waals surface area contributed by atoms with Gasteiger partial charge < -0.3 is 5.32 Å². The van der Waals surface area contributed by atoms with E-state index in [9.17, 15) is 0 Å². The van der Waals surface area contributed by atoms with Gasteiger partial charge in [0, 0.05) is 4.70 Å². The molecule has 1 unspecified atom stereocenters. The van der Waals surface area contributed by atoms with Crippen LogP contribution in [0.2, 0.25) is 0 Å². The minimum Gasteiger partial charge on any atom is -0.303 e. The first-order valence-electron chi connectivity index (χ1n) is 4.46. The van der Waals surface area contributed by atoms with Crippen LogP contribution in [0, 0.1) is 12.3 Å². The van der Waals surface area contributed by atoms with E-state index in [1.54, 1.807) is 11.3 Å². The molecule has 2 heteroatoms. The molecule has 0 bridgehead atoms. The van der Waals surface area contributed by atoms with E-state index in [4.69, 9.17) is 6.42 Å². The second-order valence-corrected chi connectivity index (χ2v) is 3.99. The molecule has 14 heavy (non-hydrogen) atoms. The first kappa shape index (κ1) is 9.26. The van der Waals surface area contributed by atoms with Crippen LogP contribution in [0.25, 0.3) is 10.1 Å². The van der Waals surface area contributed by atoms with Crippen LogP contribution in [-0.4, -0.2) is 7.05 Å². The number of benzene rings is 1. The maximum atomic E-state index is 5.47. The summed E-state index contributed by atoms with van der Waals surface area (Å²) in [5.74, 6) is 2.75. The second-order valence-electron chi connectivity index (χ2n) is 3.07. The summed E-state index contributed by atoms with van der Waals surface area (Å²) in [6.07, 6.45) is 5.47. The van der Waals surface area contributed by atoms with Crippen LogP contribution in [0.3, 0.4) is 0 Å². The summed E-state index contributed by atoms with van der Waals surface area (Å²) in [5.41, 5.74) is 1.20. The van der Waals surface area contributed by atoms with E-state index in [0.29, 0.717) is 0 Å². The van der Waals surface area contributed by atoms with Crippen molar-refractivity contribution in [3.63, 3.8) is 0 Å². The van der Waals surface area contributed by atoms with Crippen molar-refractivity contribution in [3.8, 4) is 12.3 Å². The Morgan fingerprint density at radius 1 is 1.43 bits per heavy atom. The summed E-state index contributed by atoms with van der Waals surface area (Å²) in [5, 5.41) is 6.48. The molecule has 0 radical (unpaired) electrons. The van der Waals surface area contributed by atoms with E-state index >= 15 is 0 Å². The Kier molecular flexibility index (Phi) is 2.53. The lowest BCUT2D eigenvalue weighted by Gasteiger charge is -2.10. The summed E-state index contributed by atoms with van der Waals surface area (Å²) in [6, 6.07) is 8.37. The Balaban J connectivity index is 2.62. The average Bonchev–Trinajstić information content (AvgIpc) is 2.68. The fraction of sp³-hybridized carbons (Fsp3) is 0.167. The van der Waals surface area contributed by atoms with Gasteiger partial charge in [-0.2, -0.15) is 0 Å². The number of nitrogens with one attached hydrogen (secondary N) is 1. The van der Waals surface area contributed by atoms with E-state index in [2.05, 4.69) is 34.8 Å². The Labute approximate surface area is 87.8 Å². The first-order chi connectivity index (χ1) is 6.86. The van der Waals surface area contributed by atoms with Gasteiger partial charge >= 0.3 is 0 Å². The monoisotopic (exact) mass is 201 g/mol. The lowest BCUT2D eigenvalue weighted by atomic mass is 10.1. The highest BCUT2D eigenvalue weighted by molar-refractivity contribution is 7.17. The van der Waals surface area contributed by atoms with Crippen LogP contribution in [0.15, 0.2) is 29.6 Å². The molecule has 0 aliphatic carbocycles. The van der Waals surface area contributed by atoms with Gasteiger partial charge in [0.25, 0.3) is 0 Å². The fourth-order valence-electron chi connectivity index (χ4n) is 1.57. The van der Waals surface area contributed by atoms with Crippen molar-refractivity contribution in [3.05, 3.63) is 35.2 Å². The lowest BCUT2D eigenvalue weighted by molar-refractivity contribution is 0.743. The molecule has 2 aromatic rings. The summed E-state index contributed by atoms with van der Waals surface area (Å²) in [4.78, 5) is 0. The molecule has 0 amide bonds. The maximum absolute atomic E-state index is 5.47.